The summed E-state index contributed by atoms with van der Waals surface area (Å²) in [6.07, 6.45) is 2.45. The molecule has 1 unspecified atom stereocenters. The van der Waals surface area contributed by atoms with Crippen molar-refractivity contribution in [2.75, 3.05) is 13.7 Å². The van der Waals surface area contributed by atoms with Crippen LogP contribution in [0, 0.1) is 6.92 Å². The van der Waals surface area contributed by atoms with E-state index in [2.05, 4.69) is 28.2 Å². The summed E-state index contributed by atoms with van der Waals surface area (Å²) in [5.74, 6) is 0.995. The van der Waals surface area contributed by atoms with E-state index in [1.54, 1.807) is 7.11 Å². The maximum Gasteiger partial charge on any atom is 0.123 e. The van der Waals surface area contributed by atoms with E-state index in [0.717, 1.165) is 16.8 Å². The maximum atomic E-state index is 5.43. The predicted molar refractivity (Wildman–Crippen MR) is 65.4 cm³/mol. The normalized spacial score (nSPS) is 20.6. The lowest BCUT2D eigenvalue weighted by Crippen LogP contribution is -2.15. The van der Waals surface area contributed by atoms with Crippen LogP contribution >= 0.6 is 15.9 Å². The first kappa shape index (κ1) is 11.0. The number of hydrogen-bond acceptors (Lipinski definition) is 2. The number of benzene rings is 1. The van der Waals surface area contributed by atoms with E-state index < -0.39 is 0 Å². The molecule has 1 aliphatic heterocycles. The molecule has 0 saturated carbocycles. The summed E-state index contributed by atoms with van der Waals surface area (Å²) in [6.45, 7) is 3.25. The molecule has 1 saturated heterocycles. The van der Waals surface area contributed by atoms with Crippen LogP contribution in [0.5, 0.6) is 5.75 Å². The summed E-state index contributed by atoms with van der Waals surface area (Å²) in [5.41, 5.74) is 2.60. The van der Waals surface area contributed by atoms with E-state index in [0.29, 0.717) is 6.04 Å². The van der Waals surface area contributed by atoms with Gasteiger partial charge in [-0.1, -0.05) is 15.9 Å². The molecule has 0 spiro atoms. The van der Waals surface area contributed by atoms with Crippen molar-refractivity contribution < 1.29 is 4.74 Å². The molecule has 1 N–H and O–H groups in total. The molecule has 1 aromatic carbocycles. The molecule has 1 atom stereocenters. The minimum Gasteiger partial charge on any atom is -0.496 e. The SMILES string of the molecule is COc1ccc(Br)c(C)c1C1CCCN1. The number of ether oxygens (including phenoxy) is 1. The Morgan fingerprint density at radius 2 is 2.27 bits per heavy atom. The first-order valence-electron chi connectivity index (χ1n) is 5.30. The smallest absolute Gasteiger partial charge is 0.123 e. The summed E-state index contributed by atoms with van der Waals surface area (Å²) in [4.78, 5) is 0. The number of hydrogen-bond donors (Lipinski definition) is 1. The van der Waals surface area contributed by atoms with E-state index in [1.165, 1.54) is 24.0 Å². The average Bonchev–Trinajstić information content (AvgIpc) is 2.75. The van der Waals surface area contributed by atoms with Crippen LogP contribution in [0.3, 0.4) is 0 Å². The van der Waals surface area contributed by atoms with E-state index >= 15 is 0 Å². The third kappa shape index (κ3) is 2.04. The van der Waals surface area contributed by atoms with Crippen molar-refractivity contribution in [1.29, 1.82) is 0 Å². The predicted octanol–water partition coefficient (Wildman–Crippen LogP) is 3.19. The van der Waals surface area contributed by atoms with Crippen LogP contribution in [-0.2, 0) is 0 Å². The summed E-state index contributed by atoms with van der Waals surface area (Å²) < 4.78 is 6.59. The largest absolute Gasteiger partial charge is 0.496 e. The zero-order chi connectivity index (χ0) is 10.8. The van der Waals surface area contributed by atoms with Gasteiger partial charge in [0, 0.05) is 16.1 Å². The van der Waals surface area contributed by atoms with Crippen LogP contribution in [-0.4, -0.2) is 13.7 Å². The highest BCUT2D eigenvalue weighted by Gasteiger charge is 2.22. The third-order valence-corrected chi connectivity index (χ3v) is 3.90. The van der Waals surface area contributed by atoms with Crippen molar-refractivity contribution in [3.63, 3.8) is 0 Å². The lowest BCUT2D eigenvalue weighted by molar-refractivity contribution is 0.402. The molecular formula is C12H16BrNO. The van der Waals surface area contributed by atoms with E-state index in [4.69, 9.17) is 4.74 Å². The van der Waals surface area contributed by atoms with Gasteiger partial charge in [0.15, 0.2) is 0 Å². The van der Waals surface area contributed by atoms with Gasteiger partial charge >= 0.3 is 0 Å². The molecular weight excluding hydrogens is 254 g/mol. The van der Waals surface area contributed by atoms with Crippen molar-refractivity contribution in [1.82, 2.24) is 5.32 Å². The minimum absolute atomic E-state index is 0.456. The van der Waals surface area contributed by atoms with Gasteiger partial charge in [-0.15, -0.1) is 0 Å². The number of nitrogens with one attached hydrogen (secondary N) is 1. The van der Waals surface area contributed by atoms with Crippen LogP contribution in [0.1, 0.15) is 30.0 Å². The fourth-order valence-electron chi connectivity index (χ4n) is 2.22. The zero-order valence-corrected chi connectivity index (χ0v) is 10.7. The molecule has 0 aliphatic carbocycles. The highest BCUT2D eigenvalue weighted by molar-refractivity contribution is 9.10. The van der Waals surface area contributed by atoms with Crippen LogP contribution in [0.2, 0.25) is 0 Å². The highest BCUT2D eigenvalue weighted by Crippen LogP contribution is 2.36. The van der Waals surface area contributed by atoms with Gasteiger partial charge in [0.25, 0.3) is 0 Å². The highest BCUT2D eigenvalue weighted by atomic mass is 79.9. The summed E-state index contributed by atoms with van der Waals surface area (Å²) in [5, 5.41) is 3.51. The van der Waals surface area contributed by atoms with Crippen LogP contribution < -0.4 is 10.1 Å². The topological polar surface area (TPSA) is 21.3 Å². The van der Waals surface area contributed by atoms with Gasteiger partial charge in [-0.3, -0.25) is 0 Å². The Bertz CT molecular complexity index is 359. The molecule has 1 heterocycles. The van der Waals surface area contributed by atoms with Gasteiger partial charge in [0.1, 0.15) is 5.75 Å². The van der Waals surface area contributed by atoms with E-state index in [9.17, 15) is 0 Å². The standard InChI is InChI=1S/C12H16BrNO/c1-8-9(13)5-6-11(15-2)12(8)10-4-3-7-14-10/h5-6,10,14H,3-4,7H2,1-2H3. The second kappa shape index (κ2) is 4.54. The first-order valence-corrected chi connectivity index (χ1v) is 6.09. The van der Waals surface area contributed by atoms with Crippen molar-refractivity contribution in [3.05, 3.63) is 27.7 Å². The van der Waals surface area contributed by atoms with Crippen LogP contribution in [0.15, 0.2) is 16.6 Å². The molecule has 1 fully saturated rings. The van der Waals surface area contributed by atoms with Crippen LogP contribution in [0.4, 0.5) is 0 Å². The summed E-state index contributed by atoms with van der Waals surface area (Å²) >= 11 is 3.57. The summed E-state index contributed by atoms with van der Waals surface area (Å²) in [6, 6.07) is 4.54. The molecule has 3 heteroatoms. The van der Waals surface area contributed by atoms with E-state index in [-0.39, 0.29) is 0 Å². The quantitative estimate of drug-likeness (QED) is 0.891. The van der Waals surface area contributed by atoms with Gasteiger partial charge in [-0.05, 0) is 44.0 Å². The number of halogens is 1. The lowest BCUT2D eigenvalue weighted by Gasteiger charge is -2.18. The second-order valence-electron chi connectivity index (χ2n) is 3.94. The molecule has 82 valence electrons. The van der Waals surface area contributed by atoms with Crippen molar-refractivity contribution in [2.45, 2.75) is 25.8 Å². The van der Waals surface area contributed by atoms with Gasteiger partial charge in [-0.25, -0.2) is 0 Å². The molecule has 0 radical (unpaired) electrons. The van der Waals surface area contributed by atoms with Crippen molar-refractivity contribution in [3.8, 4) is 5.75 Å². The molecule has 2 rings (SSSR count). The van der Waals surface area contributed by atoms with Crippen molar-refractivity contribution >= 4 is 15.9 Å². The fourth-order valence-corrected chi connectivity index (χ4v) is 2.56. The molecule has 15 heavy (non-hydrogen) atoms. The Kier molecular flexibility index (Phi) is 3.32. The Morgan fingerprint density at radius 1 is 1.47 bits per heavy atom. The maximum absolute atomic E-state index is 5.43. The molecule has 1 aromatic rings. The van der Waals surface area contributed by atoms with Gasteiger partial charge < -0.3 is 10.1 Å². The minimum atomic E-state index is 0.456. The Balaban J connectivity index is 2.45. The number of rotatable bonds is 2. The Morgan fingerprint density at radius 3 is 2.87 bits per heavy atom. The van der Waals surface area contributed by atoms with Gasteiger partial charge in [-0.2, -0.15) is 0 Å². The van der Waals surface area contributed by atoms with Crippen molar-refractivity contribution in [2.24, 2.45) is 0 Å². The van der Waals surface area contributed by atoms with E-state index in [1.807, 2.05) is 12.1 Å². The average molecular weight is 270 g/mol. The summed E-state index contributed by atoms with van der Waals surface area (Å²) in [7, 11) is 1.74. The molecule has 2 nitrogen and oxygen atoms in total. The number of methoxy groups -OCH3 is 1. The molecule has 0 aromatic heterocycles. The fraction of sp³-hybridized carbons (Fsp3) is 0.500. The lowest BCUT2D eigenvalue weighted by atomic mass is 9.99. The Hall–Kier alpha value is -0.540. The molecule has 1 aliphatic rings. The monoisotopic (exact) mass is 269 g/mol. The first-order chi connectivity index (χ1) is 7.24. The van der Waals surface area contributed by atoms with Gasteiger partial charge in [0.05, 0.1) is 7.11 Å². The van der Waals surface area contributed by atoms with Gasteiger partial charge in [0.2, 0.25) is 0 Å². The molecule has 0 amide bonds. The molecule has 0 bridgehead atoms. The third-order valence-electron chi connectivity index (χ3n) is 3.04. The second-order valence-corrected chi connectivity index (χ2v) is 4.79. The zero-order valence-electron chi connectivity index (χ0n) is 9.14. The Labute approximate surface area is 99.1 Å². The van der Waals surface area contributed by atoms with Crippen LogP contribution in [0.25, 0.3) is 0 Å².